The van der Waals surface area contributed by atoms with Gasteiger partial charge in [-0.15, -0.1) is 0 Å². The van der Waals surface area contributed by atoms with Gasteiger partial charge < -0.3 is 14.7 Å². The number of aliphatic hydroxyl groups is 1. The molecule has 0 bridgehead atoms. The highest BCUT2D eigenvalue weighted by atomic mass is 16.5. The Bertz CT molecular complexity index is 367. The Labute approximate surface area is 95.6 Å². The molecule has 5 heteroatoms. The first kappa shape index (κ1) is 11.4. The van der Waals surface area contributed by atoms with Crippen molar-refractivity contribution >= 4 is 0 Å². The number of rotatable bonds is 2. The molecule has 0 amide bonds. The third-order valence-corrected chi connectivity index (χ3v) is 3.38. The normalized spacial score (nSPS) is 21.0. The van der Waals surface area contributed by atoms with Gasteiger partial charge >= 0.3 is 0 Å². The molecule has 2 rings (SSSR count). The van der Waals surface area contributed by atoms with Gasteiger partial charge in [-0.1, -0.05) is 0 Å². The Morgan fingerprint density at radius 2 is 2.00 bits per heavy atom. The van der Waals surface area contributed by atoms with E-state index in [4.69, 9.17) is 4.74 Å². The second-order valence-corrected chi connectivity index (χ2v) is 4.52. The summed E-state index contributed by atoms with van der Waals surface area (Å²) >= 11 is 0. The van der Waals surface area contributed by atoms with E-state index in [1.807, 2.05) is 7.05 Å². The van der Waals surface area contributed by atoms with E-state index in [0.29, 0.717) is 5.75 Å². The van der Waals surface area contributed by atoms with Crippen LogP contribution in [0, 0.1) is 0 Å². The van der Waals surface area contributed by atoms with Crippen molar-refractivity contribution in [3.05, 3.63) is 11.9 Å². The fourth-order valence-electron chi connectivity index (χ4n) is 2.32. The van der Waals surface area contributed by atoms with E-state index in [0.717, 1.165) is 31.6 Å². The smallest absolute Gasteiger partial charge is 0.162 e. The summed E-state index contributed by atoms with van der Waals surface area (Å²) < 4.78 is 6.97. The van der Waals surface area contributed by atoms with Crippen LogP contribution in [0.2, 0.25) is 0 Å². The predicted octanol–water partition coefficient (Wildman–Crippen LogP) is 0.342. The fourth-order valence-corrected chi connectivity index (χ4v) is 2.32. The zero-order chi connectivity index (χ0) is 11.8. The highest BCUT2D eigenvalue weighted by Crippen LogP contribution is 2.37. The first-order chi connectivity index (χ1) is 7.57. The molecule has 5 nitrogen and oxygen atoms in total. The molecule has 0 spiro atoms. The van der Waals surface area contributed by atoms with Gasteiger partial charge in [-0.2, -0.15) is 5.10 Å². The fraction of sp³-hybridized carbons (Fsp3) is 0.727. The second-order valence-electron chi connectivity index (χ2n) is 4.52. The van der Waals surface area contributed by atoms with E-state index in [1.54, 1.807) is 18.0 Å². The third-order valence-electron chi connectivity index (χ3n) is 3.38. The van der Waals surface area contributed by atoms with Gasteiger partial charge in [0.25, 0.3) is 0 Å². The molecule has 1 aliphatic heterocycles. The van der Waals surface area contributed by atoms with Crippen molar-refractivity contribution in [2.75, 3.05) is 27.2 Å². The van der Waals surface area contributed by atoms with E-state index in [-0.39, 0.29) is 0 Å². The monoisotopic (exact) mass is 225 g/mol. The van der Waals surface area contributed by atoms with Crippen LogP contribution in [0.15, 0.2) is 6.20 Å². The zero-order valence-electron chi connectivity index (χ0n) is 10.1. The highest BCUT2D eigenvalue weighted by Gasteiger charge is 2.38. The minimum Gasteiger partial charge on any atom is -0.493 e. The molecule has 1 saturated heterocycles. The number of methoxy groups -OCH3 is 1. The van der Waals surface area contributed by atoms with E-state index < -0.39 is 5.60 Å². The van der Waals surface area contributed by atoms with Crippen LogP contribution in [0.3, 0.4) is 0 Å². The van der Waals surface area contributed by atoms with Crippen molar-refractivity contribution in [1.82, 2.24) is 14.7 Å². The van der Waals surface area contributed by atoms with E-state index in [9.17, 15) is 5.11 Å². The van der Waals surface area contributed by atoms with E-state index >= 15 is 0 Å². The average Bonchev–Trinajstić information content (AvgIpc) is 2.65. The Morgan fingerprint density at radius 1 is 1.38 bits per heavy atom. The lowest BCUT2D eigenvalue weighted by Crippen LogP contribution is -2.42. The van der Waals surface area contributed by atoms with Crippen molar-refractivity contribution < 1.29 is 9.84 Å². The average molecular weight is 225 g/mol. The van der Waals surface area contributed by atoms with Crippen LogP contribution >= 0.6 is 0 Å². The van der Waals surface area contributed by atoms with Crippen molar-refractivity contribution in [2.24, 2.45) is 7.05 Å². The molecule has 0 atom stereocenters. The van der Waals surface area contributed by atoms with Crippen molar-refractivity contribution in [3.8, 4) is 5.75 Å². The summed E-state index contributed by atoms with van der Waals surface area (Å²) in [6.45, 7) is 1.79. The van der Waals surface area contributed by atoms with Gasteiger partial charge in [0.05, 0.1) is 13.3 Å². The number of ether oxygens (including phenoxy) is 1. The van der Waals surface area contributed by atoms with Crippen LogP contribution in [0.4, 0.5) is 0 Å². The maximum atomic E-state index is 10.7. The van der Waals surface area contributed by atoms with Crippen molar-refractivity contribution in [1.29, 1.82) is 0 Å². The molecule has 0 unspecified atom stereocenters. The summed E-state index contributed by atoms with van der Waals surface area (Å²) in [6.07, 6.45) is 3.10. The Hall–Kier alpha value is -1.07. The van der Waals surface area contributed by atoms with E-state index in [2.05, 4.69) is 17.0 Å². The minimum atomic E-state index is -0.802. The van der Waals surface area contributed by atoms with Crippen LogP contribution in [0.1, 0.15) is 18.5 Å². The molecule has 1 aromatic rings. The van der Waals surface area contributed by atoms with Crippen molar-refractivity contribution in [2.45, 2.75) is 18.4 Å². The molecule has 1 fully saturated rings. The first-order valence-electron chi connectivity index (χ1n) is 5.54. The van der Waals surface area contributed by atoms with E-state index in [1.165, 1.54) is 0 Å². The van der Waals surface area contributed by atoms with Crippen LogP contribution < -0.4 is 4.74 Å². The van der Waals surface area contributed by atoms with Crippen LogP contribution in [0.25, 0.3) is 0 Å². The van der Waals surface area contributed by atoms with Crippen LogP contribution in [-0.4, -0.2) is 47.0 Å². The number of aromatic nitrogens is 2. The van der Waals surface area contributed by atoms with Crippen molar-refractivity contribution in [3.63, 3.8) is 0 Å². The zero-order valence-corrected chi connectivity index (χ0v) is 10.1. The molecule has 1 aromatic heterocycles. The van der Waals surface area contributed by atoms with Gasteiger partial charge in [0.2, 0.25) is 0 Å². The molecule has 0 radical (unpaired) electrons. The van der Waals surface area contributed by atoms with Gasteiger partial charge in [-0.05, 0) is 19.9 Å². The maximum absolute atomic E-state index is 10.7. The number of piperidine rings is 1. The summed E-state index contributed by atoms with van der Waals surface area (Å²) in [6, 6.07) is 0. The molecule has 1 N–H and O–H groups in total. The molecule has 90 valence electrons. The van der Waals surface area contributed by atoms with Gasteiger partial charge in [-0.3, -0.25) is 4.68 Å². The van der Waals surface area contributed by atoms with Gasteiger partial charge in [0.1, 0.15) is 11.3 Å². The molecular formula is C11H19N3O2. The number of likely N-dealkylation sites (tertiary alicyclic amines) is 1. The highest BCUT2D eigenvalue weighted by molar-refractivity contribution is 5.31. The van der Waals surface area contributed by atoms with Gasteiger partial charge in [0, 0.05) is 20.1 Å². The molecule has 0 aromatic carbocycles. The predicted molar refractivity (Wildman–Crippen MR) is 60.4 cm³/mol. The van der Waals surface area contributed by atoms with Crippen LogP contribution in [0.5, 0.6) is 5.75 Å². The lowest BCUT2D eigenvalue weighted by Gasteiger charge is -2.36. The van der Waals surface area contributed by atoms with Gasteiger partial charge in [-0.25, -0.2) is 0 Å². The number of hydrogen-bond acceptors (Lipinski definition) is 4. The molecule has 1 aliphatic rings. The number of hydrogen-bond donors (Lipinski definition) is 1. The molecule has 0 aliphatic carbocycles. The maximum Gasteiger partial charge on any atom is 0.162 e. The Kier molecular flexibility index (Phi) is 2.90. The molecule has 2 heterocycles. The Balaban J connectivity index is 2.31. The Morgan fingerprint density at radius 3 is 2.56 bits per heavy atom. The lowest BCUT2D eigenvalue weighted by atomic mass is 9.88. The quantitative estimate of drug-likeness (QED) is 0.788. The topological polar surface area (TPSA) is 50.5 Å². The second kappa shape index (κ2) is 4.07. The molecular weight excluding hydrogens is 206 g/mol. The minimum absolute atomic E-state index is 0.676. The number of nitrogens with zero attached hydrogens (tertiary/aromatic N) is 3. The summed E-state index contributed by atoms with van der Waals surface area (Å²) in [7, 11) is 5.52. The first-order valence-corrected chi connectivity index (χ1v) is 5.54. The summed E-state index contributed by atoms with van der Waals surface area (Å²) in [5.74, 6) is 0.676. The largest absolute Gasteiger partial charge is 0.493 e. The number of aryl methyl sites for hydroxylation is 1. The SMILES string of the molecule is COc1cnn(C)c1C1(O)CCN(C)CC1. The summed E-state index contributed by atoms with van der Waals surface area (Å²) in [5, 5.41) is 14.8. The lowest BCUT2D eigenvalue weighted by molar-refractivity contribution is -0.0283. The standard InChI is InChI=1S/C11H19N3O2/c1-13-6-4-11(15,5-7-13)10-9(16-3)8-12-14(10)2/h8,15H,4-7H2,1-3H3. The molecule has 0 saturated carbocycles. The molecule has 16 heavy (non-hydrogen) atoms. The summed E-state index contributed by atoms with van der Waals surface area (Å²) in [4.78, 5) is 2.22. The van der Waals surface area contributed by atoms with Gasteiger partial charge in [0.15, 0.2) is 5.75 Å². The third kappa shape index (κ3) is 1.81. The van der Waals surface area contributed by atoms with Crippen LogP contribution in [-0.2, 0) is 12.6 Å². The summed E-state index contributed by atoms with van der Waals surface area (Å²) in [5.41, 5.74) is -0.00794.